The third-order valence-corrected chi connectivity index (χ3v) is 2.90. The van der Waals surface area contributed by atoms with Gasteiger partial charge in [0.15, 0.2) is 0 Å². The van der Waals surface area contributed by atoms with Crippen molar-refractivity contribution in [3.05, 3.63) is 59.7 Å². The zero-order chi connectivity index (χ0) is 13.8. The minimum atomic E-state index is -0.647. The molecule has 0 N–H and O–H groups in total. The largest absolute Gasteiger partial charge is 0.307 e. The number of carbonyl (C=O) groups is 1. The van der Waals surface area contributed by atoms with Gasteiger partial charge in [0.2, 0.25) is 5.95 Å². The average molecular weight is 258 g/mol. The van der Waals surface area contributed by atoms with Crippen molar-refractivity contribution in [2.75, 3.05) is 11.4 Å². The number of carbonyl (C=O) groups excluding carboxylic acids is 1. The molecule has 0 saturated heterocycles. The molecule has 19 heavy (non-hydrogen) atoms. The molecule has 98 valence electrons. The van der Waals surface area contributed by atoms with Crippen LogP contribution in [-0.4, -0.2) is 17.4 Å². The zero-order valence-electron chi connectivity index (χ0n) is 10.9. The molecule has 2 rings (SSSR count). The minimum Gasteiger partial charge on any atom is -0.307 e. The molecule has 0 saturated carbocycles. The van der Waals surface area contributed by atoms with Crippen LogP contribution in [0, 0.1) is 12.9 Å². The quantitative estimate of drug-likeness (QED) is 0.792. The highest BCUT2D eigenvalue weighted by molar-refractivity contribution is 6.05. The molecule has 1 aromatic heterocycles. The van der Waals surface area contributed by atoms with Crippen LogP contribution in [0.4, 0.5) is 10.1 Å². The molecule has 0 aliphatic carbocycles. The van der Waals surface area contributed by atoms with Gasteiger partial charge in [-0.3, -0.25) is 4.79 Å². The first-order chi connectivity index (χ1) is 9.13. The number of aromatic nitrogens is 1. The summed E-state index contributed by atoms with van der Waals surface area (Å²) < 4.78 is 13.1. The van der Waals surface area contributed by atoms with E-state index in [0.29, 0.717) is 6.54 Å². The van der Waals surface area contributed by atoms with E-state index in [1.54, 1.807) is 4.90 Å². The highest BCUT2D eigenvalue weighted by atomic mass is 19.1. The number of aryl methyl sites for hydroxylation is 1. The van der Waals surface area contributed by atoms with Gasteiger partial charge in [-0.1, -0.05) is 24.3 Å². The summed E-state index contributed by atoms with van der Waals surface area (Å²) in [5, 5.41) is 0. The molecule has 0 fully saturated rings. The molecule has 0 atom stereocenters. The van der Waals surface area contributed by atoms with Crippen LogP contribution in [-0.2, 0) is 0 Å². The molecule has 0 unspecified atom stereocenters. The zero-order valence-corrected chi connectivity index (χ0v) is 10.9. The standard InChI is InChI=1S/C15H15FN2O/c1-3-18(13-9-5-4-7-11(13)2)15(19)12-8-6-10-14(16)17-12/h4-10H,3H2,1-2H3. The van der Waals surface area contributed by atoms with E-state index in [0.717, 1.165) is 11.3 Å². The Hall–Kier alpha value is -2.23. The fourth-order valence-corrected chi connectivity index (χ4v) is 1.96. The summed E-state index contributed by atoms with van der Waals surface area (Å²) in [6.07, 6.45) is 0. The van der Waals surface area contributed by atoms with E-state index < -0.39 is 5.95 Å². The maximum atomic E-state index is 13.1. The second-order valence-corrected chi connectivity index (χ2v) is 4.18. The van der Waals surface area contributed by atoms with Crippen molar-refractivity contribution >= 4 is 11.6 Å². The van der Waals surface area contributed by atoms with Crippen LogP contribution in [0.25, 0.3) is 0 Å². The van der Waals surface area contributed by atoms with E-state index >= 15 is 0 Å². The fraction of sp³-hybridized carbons (Fsp3) is 0.200. The first kappa shape index (κ1) is 13.2. The van der Waals surface area contributed by atoms with Gasteiger partial charge in [-0.2, -0.15) is 4.39 Å². The molecule has 0 aliphatic rings. The van der Waals surface area contributed by atoms with E-state index in [4.69, 9.17) is 0 Å². The Bertz CT molecular complexity index is 598. The third kappa shape index (κ3) is 2.78. The Balaban J connectivity index is 2.38. The molecular weight excluding hydrogens is 243 g/mol. The van der Waals surface area contributed by atoms with Crippen LogP contribution >= 0.6 is 0 Å². The van der Waals surface area contributed by atoms with E-state index in [-0.39, 0.29) is 11.6 Å². The summed E-state index contributed by atoms with van der Waals surface area (Å²) in [4.78, 5) is 17.6. The van der Waals surface area contributed by atoms with Gasteiger partial charge in [0.05, 0.1) is 0 Å². The van der Waals surface area contributed by atoms with E-state index in [1.807, 2.05) is 38.1 Å². The van der Waals surface area contributed by atoms with Crippen molar-refractivity contribution in [3.63, 3.8) is 0 Å². The number of hydrogen-bond acceptors (Lipinski definition) is 2. The number of nitrogens with zero attached hydrogens (tertiary/aromatic N) is 2. The molecule has 3 nitrogen and oxygen atoms in total. The van der Waals surface area contributed by atoms with Gasteiger partial charge in [0.25, 0.3) is 5.91 Å². The van der Waals surface area contributed by atoms with E-state index in [1.165, 1.54) is 18.2 Å². The number of halogens is 1. The van der Waals surface area contributed by atoms with Crippen molar-refractivity contribution in [1.29, 1.82) is 0 Å². The first-order valence-electron chi connectivity index (χ1n) is 6.13. The van der Waals surface area contributed by atoms with E-state index in [9.17, 15) is 9.18 Å². The maximum Gasteiger partial charge on any atom is 0.276 e. The molecule has 0 aliphatic heterocycles. The number of amides is 1. The summed E-state index contributed by atoms with van der Waals surface area (Å²) in [5.74, 6) is -0.942. The molecule has 0 bridgehead atoms. The molecule has 1 heterocycles. The normalized spacial score (nSPS) is 10.3. The van der Waals surface area contributed by atoms with Crippen LogP contribution < -0.4 is 4.90 Å². The van der Waals surface area contributed by atoms with Gasteiger partial charge in [0, 0.05) is 12.2 Å². The summed E-state index contributed by atoms with van der Waals surface area (Å²) in [6.45, 7) is 4.32. The van der Waals surface area contributed by atoms with Crippen LogP contribution in [0.3, 0.4) is 0 Å². The van der Waals surface area contributed by atoms with Crippen molar-refractivity contribution in [1.82, 2.24) is 4.98 Å². The van der Waals surface area contributed by atoms with Crippen molar-refractivity contribution < 1.29 is 9.18 Å². The Morgan fingerprint density at radius 1 is 1.21 bits per heavy atom. The number of benzene rings is 1. The Labute approximate surface area is 111 Å². The molecule has 1 amide bonds. The van der Waals surface area contributed by atoms with Crippen LogP contribution in [0.5, 0.6) is 0 Å². The Morgan fingerprint density at radius 3 is 2.58 bits per heavy atom. The summed E-state index contributed by atoms with van der Waals surface area (Å²) in [7, 11) is 0. The number of rotatable bonds is 3. The highest BCUT2D eigenvalue weighted by Gasteiger charge is 2.18. The third-order valence-electron chi connectivity index (χ3n) is 2.90. The summed E-state index contributed by atoms with van der Waals surface area (Å²) in [6, 6.07) is 11.8. The lowest BCUT2D eigenvalue weighted by Gasteiger charge is -2.22. The minimum absolute atomic E-state index is 0.116. The topological polar surface area (TPSA) is 33.2 Å². The average Bonchev–Trinajstić information content (AvgIpc) is 2.41. The monoisotopic (exact) mass is 258 g/mol. The molecule has 0 radical (unpaired) electrons. The Morgan fingerprint density at radius 2 is 1.95 bits per heavy atom. The molecule has 2 aromatic rings. The van der Waals surface area contributed by atoms with Crippen molar-refractivity contribution in [2.45, 2.75) is 13.8 Å². The van der Waals surface area contributed by atoms with Gasteiger partial charge >= 0.3 is 0 Å². The number of anilines is 1. The summed E-state index contributed by atoms with van der Waals surface area (Å²) in [5.41, 5.74) is 1.93. The smallest absolute Gasteiger partial charge is 0.276 e. The molecule has 1 aromatic carbocycles. The fourth-order valence-electron chi connectivity index (χ4n) is 1.96. The van der Waals surface area contributed by atoms with Gasteiger partial charge in [-0.25, -0.2) is 4.98 Å². The number of para-hydroxylation sites is 1. The lowest BCUT2D eigenvalue weighted by Crippen LogP contribution is -2.32. The van der Waals surface area contributed by atoms with Crippen LogP contribution in [0.15, 0.2) is 42.5 Å². The van der Waals surface area contributed by atoms with Gasteiger partial charge in [0.1, 0.15) is 5.69 Å². The molecule has 4 heteroatoms. The van der Waals surface area contributed by atoms with Crippen LogP contribution in [0.2, 0.25) is 0 Å². The lowest BCUT2D eigenvalue weighted by atomic mass is 10.1. The maximum absolute atomic E-state index is 13.1. The van der Waals surface area contributed by atoms with Crippen molar-refractivity contribution in [2.24, 2.45) is 0 Å². The lowest BCUT2D eigenvalue weighted by molar-refractivity contribution is 0.0982. The van der Waals surface area contributed by atoms with Crippen LogP contribution in [0.1, 0.15) is 23.0 Å². The molecular formula is C15H15FN2O. The van der Waals surface area contributed by atoms with E-state index in [2.05, 4.69) is 4.98 Å². The predicted octanol–water partition coefficient (Wildman–Crippen LogP) is 3.20. The second-order valence-electron chi connectivity index (χ2n) is 4.18. The SMILES string of the molecule is CCN(C(=O)c1cccc(F)n1)c1ccccc1C. The van der Waals surface area contributed by atoms with Crippen molar-refractivity contribution in [3.8, 4) is 0 Å². The van der Waals surface area contributed by atoms with Gasteiger partial charge < -0.3 is 4.90 Å². The number of pyridine rings is 1. The second kappa shape index (κ2) is 5.61. The predicted molar refractivity (Wildman–Crippen MR) is 72.7 cm³/mol. The summed E-state index contributed by atoms with van der Waals surface area (Å²) >= 11 is 0. The first-order valence-corrected chi connectivity index (χ1v) is 6.13. The number of hydrogen-bond donors (Lipinski definition) is 0. The molecule has 0 spiro atoms. The Kier molecular flexibility index (Phi) is 3.90. The highest BCUT2D eigenvalue weighted by Crippen LogP contribution is 2.20. The van der Waals surface area contributed by atoms with Gasteiger partial charge in [-0.05, 0) is 37.6 Å². The van der Waals surface area contributed by atoms with Gasteiger partial charge in [-0.15, -0.1) is 0 Å².